The molecule has 160 valence electrons. The molecule has 10 heteroatoms. The predicted molar refractivity (Wildman–Crippen MR) is 106 cm³/mol. The zero-order chi connectivity index (χ0) is 21.7. The van der Waals surface area contributed by atoms with Gasteiger partial charge in [-0.1, -0.05) is 6.07 Å². The monoisotopic (exact) mass is 436 g/mol. The second kappa shape index (κ2) is 9.23. The Balaban J connectivity index is 1.69. The topological polar surface area (TPSA) is 102 Å². The zero-order valence-corrected chi connectivity index (χ0v) is 17.0. The lowest BCUT2D eigenvalue weighted by Gasteiger charge is -2.28. The lowest BCUT2D eigenvalue weighted by Crippen LogP contribution is -2.46. The second-order valence-corrected chi connectivity index (χ2v) is 8.31. The molecule has 2 aromatic carbocycles. The van der Waals surface area contributed by atoms with E-state index in [1.54, 1.807) is 4.90 Å². The van der Waals surface area contributed by atoms with Crippen molar-refractivity contribution >= 4 is 27.6 Å². The van der Waals surface area contributed by atoms with Gasteiger partial charge in [0.15, 0.2) is 6.10 Å². The van der Waals surface area contributed by atoms with E-state index in [2.05, 4.69) is 4.72 Å². The molecular formula is C20H21FN2O6S. The number of halogens is 1. The third-order valence-electron chi connectivity index (χ3n) is 4.43. The summed E-state index contributed by atoms with van der Waals surface area (Å²) in [6, 6.07) is 10.1. The lowest BCUT2D eigenvalue weighted by molar-refractivity contribution is -0.143. The molecule has 3 rings (SSSR count). The van der Waals surface area contributed by atoms with Crippen molar-refractivity contribution in [2.75, 3.05) is 31.0 Å². The Labute approximate surface area is 173 Å². The highest BCUT2D eigenvalue weighted by Crippen LogP contribution is 2.18. The minimum atomic E-state index is -4.01. The van der Waals surface area contributed by atoms with Crippen molar-refractivity contribution in [1.82, 2.24) is 4.90 Å². The first kappa shape index (κ1) is 21.7. The Bertz CT molecular complexity index is 1020. The summed E-state index contributed by atoms with van der Waals surface area (Å²) in [5.74, 6) is -1.65. The average molecular weight is 436 g/mol. The van der Waals surface area contributed by atoms with Crippen molar-refractivity contribution < 1.29 is 31.9 Å². The molecular weight excluding hydrogens is 415 g/mol. The summed E-state index contributed by atoms with van der Waals surface area (Å²) in [5.41, 5.74) is 0.160. The van der Waals surface area contributed by atoms with Crippen LogP contribution in [0, 0.1) is 5.82 Å². The van der Waals surface area contributed by atoms with Crippen LogP contribution in [-0.4, -0.2) is 57.6 Å². The van der Waals surface area contributed by atoms with Crippen molar-refractivity contribution in [2.45, 2.75) is 17.9 Å². The Morgan fingerprint density at radius 2 is 1.80 bits per heavy atom. The molecule has 1 unspecified atom stereocenters. The van der Waals surface area contributed by atoms with Crippen molar-refractivity contribution in [3.63, 3.8) is 0 Å². The number of hydrogen-bond acceptors (Lipinski definition) is 6. The predicted octanol–water partition coefficient (Wildman–Crippen LogP) is 2.03. The number of anilines is 1. The van der Waals surface area contributed by atoms with E-state index in [-0.39, 0.29) is 22.1 Å². The van der Waals surface area contributed by atoms with Gasteiger partial charge in [0.1, 0.15) is 5.82 Å². The molecule has 0 saturated carbocycles. The van der Waals surface area contributed by atoms with Gasteiger partial charge in [-0.05, 0) is 49.4 Å². The molecule has 1 heterocycles. The molecule has 1 fully saturated rings. The van der Waals surface area contributed by atoms with Gasteiger partial charge in [-0.3, -0.25) is 9.52 Å². The van der Waals surface area contributed by atoms with Crippen LogP contribution in [0.25, 0.3) is 0 Å². The van der Waals surface area contributed by atoms with Crippen LogP contribution in [0.15, 0.2) is 53.4 Å². The maximum absolute atomic E-state index is 13.0. The molecule has 1 amide bonds. The van der Waals surface area contributed by atoms with Gasteiger partial charge in [-0.2, -0.15) is 0 Å². The summed E-state index contributed by atoms with van der Waals surface area (Å²) in [7, 11) is -4.01. The number of hydrogen-bond donors (Lipinski definition) is 1. The fraction of sp³-hybridized carbons (Fsp3) is 0.300. The summed E-state index contributed by atoms with van der Waals surface area (Å²) >= 11 is 0. The first-order valence-corrected chi connectivity index (χ1v) is 10.7. The number of rotatable bonds is 6. The van der Waals surface area contributed by atoms with Crippen LogP contribution in [0.1, 0.15) is 17.3 Å². The standard InChI is InChI=1S/C20H21FN2O6S/c1-14(19(24)23-9-11-28-12-10-23)29-20(25)15-3-2-4-18(13-15)30(26,27)22-17-7-5-16(21)6-8-17/h2-8,13-14,22H,9-12H2,1H3. The number of sulfonamides is 1. The van der Waals surface area contributed by atoms with Crippen molar-refractivity contribution in [2.24, 2.45) is 0 Å². The first-order valence-electron chi connectivity index (χ1n) is 9.22. The Hall–Kier alpha value is -2.98. The van der Waals surface area contributed by atoms with Gasteiger partial charge in [0, 0.05) is 18.8 Å². The van der Waals surface area contributed by atoms with E-state index >= 15 is 0 Å². The van der Waals surface area contributed by atoms with Crippen LogP contribution in [0.2, 0.25) is 0 Å². The van der Waals surface area contributed by atoms with Gasteiger partial charge in [0.2, 0.25) is 0 Å². The minimum absolute atomic E-state index is 0.0152. The number of morpholine rings is 1. The molecule has 1 saturated heterocycles. The number of ether oxygens (including phenoxy) is 2. The number of esters is 1. The molecule has 1 N–H and O–H groups in total. The van der Waals surface area contributed by atoms with Gasteiger partial charge in [-0.15, -0.1) is 0 Å². The lowest BCUT2D eigenvalue weighted by atomic mass is 10.2. The van der Waals surface area contributed by atoms with Gasteiger partial charge < -0.3 is 14.4 Å². The quantitative estimate of drug-likeness (QED) is 0.696. The third-order valence-corrected chi connectivity index (χ3v) is 5.81. The maximum atomic E-state index is 13.0. The molecule has 0 radical (unpaired) electrons. The summed E-state index contributed by atoms with van der Waals surface area (Å²) in [6.07, 6.45) is -1.02. The van der Waals surface area contributed by atoms with Crippen LogP contribution in [0.4, 0.5) is 10.1 Å². The van der Waals surface area contributed by atoms with Crippen LogP contribution >= 0.6 is 0 Å². The fourth-order valence-electron chi connectivity index (χ4n) is 2.84. The van der Waals surface area contributed by atoms with E-state index < -0.39 is 27.9 Å². The van der Waals surface area contributed by atoms with Gasteiger partial charge in [0.25, 0.3) is 15.9 Å². The van der Waals surface area contributed by atoms with E-state index in [1.807, 2.05) is 0 Å². The number of nitrogens with one attached hydrogen (secondary N) is 1. The van der Waals surface area contributed by atoms with Crippen LogP contribution in [0.3, 0.4) is 0 Å². The number of carbonyl (C=O) groups is 2. The molecule has 8 nitrogen and oxygen atoms in total. The highest BCUT2D eigenvalue weighted by atomic mass is 32.2. The Kier molecular flexibility index (Phi) is 6.68. The van der Waals surface area contributed by atoms with Crippen LogP contribution in [-0.2, 0) is 24.3 Å². The minimum Gasteiger partial charge on any atom is -0.449 e. The molecule has 0 aromatic heterocycles. The number of amides is 1. The van der Waals surface area contributed by atoms with Crippen LogP contribution < -0.4 is 4.72 Å². The van der Waals surface area contributed by atoms with Gasteiger partial charge in [-0.25, -0.2) is 17.6 Å². The molecule has 30 heavy (non-hydrogen) atoms. The molecule has 1 aliphatic rings. The molecule has 1 atom stereocenters. The summed E-state index contributed by atoms with van der Waals surface area (Å²) < 4.78 is 50.9. The average Bonchev–Trinajstić information content (AvgIpc) is 2.75. The van der Waals surface area contributed by atoms with Gasteiger partial charge in [0.05, 0.1) is 23.7 Å². The molecule has 1 aliphatic heterocycles. The smallest absolute Gasteiger partial charge is 0.338 e. The largest absolute Gasteiger partial charge is 0.449 e. The fourth-order valence-corrected chi connectivity index (χ4v) is 3.95. The van der Waals surface area contributed by atoms with E-state index in [9.17, 15) is 22.4 Å². The van der Waals surface area contributed by atoms with E-state index in [0.717, 1.165) is 18.2 Å². The van der Waals surface area contributed by atoms with E-state index in [4.69, 9.17) is 9.47 Å². The number of nitrogens with zero attached hydrogens (tertiary/aromatic N) is 1. The second-order valence-electron chi connectivity index (χ2n) is 6.63. The number of benzene rings is 2. The first-order chi connectivity index (χ1) is 14.3. The highest BCUT2D eigenvalue weighted by Gasteiger charge is 2.26. The van der Waals surface area contributed by atoms with Crippen LogP contribution in [0.5, 0.6) is 0 Å². The molecule has 2 aromatic rings. The Morgan fingerprint density at radius 1 is 1.13 bits per heavy atom. The normalized spacial score (nSPS) is 15.3. The third kappa shape index (κ3) is 5.33. The summed E-state index contributed by atoms with van der Waals surface area (Å²) in [4.78, 5) is 26.2. The number of carbonyl (C=O) groups excluding carboxylic acids is 2. The molecule has 0 spiro atoms. The van der Waals surface area contributed by atoms with E-state index in [0.29, 0.717) is 26.3 Å². The van der Waals surface area contributed by atoms with Gasteiger partial charge >= 0.3 is 5.97 Å². The summed E-state index contributed by atoms with van der Waals surface area (Å²) in [6.45, 7) is 3.15. The summed E-state index contributed by atoms with van der Waals surface area (Å²) in [5, 5.41) is 0. The van der Waals surface area contributed by atoms with E-state index in [1.165, 1.54) is 37.3 Å². The van der Waals surface area contributed by atoms with Crippen molar-refractivity contribution in [3.8, 4) is 0 Å². The zero-order valence-electron chi connectivity index (χ0n) is 16.2. The highest BCUT2D eigenvalue weighted by molar-refractivity contribution is 7.92. The molecule has 0 bridgehead atoms. The Morgan fingerprint density at radius 3 is 2.47 bits per heavy atom. The van der Waals surface area contributed by atoms with Crippen molar-refractivity contribution in [1.29, 1.82) is 0 Å². The SMILES string of the molecule is CC(OC(=O)c1cccc(S(=O)(=O)Nc2ccc(F)cc2)c1)C(=O)N1CCOCC1. The molecule has 0 aliphatic carbocycles. The maximum Gasteiger partial charge on any atom is 0.338 e. The van der Waals surface area contributed by atoms with Crippen molar-refractivity contribution in [3.05, 3.63) is 59.9 Å².